The number of carbonyl (C=O) groups is 2. The van der Waals surface area contributed by atoms with Crippen molar-refractivity contribution in [3.05, 3.63) is 84.2 Å². The van der Waals surface area contributed by atoms with E-state index >= 15 is 0 Å². The molecule has 1 aromatic carbocycles. The van der Waals surface area contributed by atoms with Crippen LogP contribution in [0.4, 0.5) is 11.5 Å². The van der Waals surface area contributed by atoms with Gasteiger partial charge >= 0.3 is 0 Å². The Morgan fingerprint density at radius 2 is 1.77 bits per heavy atom. The van der Waals surface area contributed by atoms with E-state index in [1.807, 2.05) is 37.3 Å². The zero-order chi connectivity index (χ0) is 27.6. The first-order chi connectivity index (χ1) is 18.7. The minimum atomic E-state index is -0.812. The van der Waals surface area contributed by atoms with Gasteiger partial charge in [-0.2, -0.15) is 5.26 Å². The Hall–Kier alpha value is -4.97. The first-order valence-electron chi connectivity index (χ1n) is 12.6. The Balaban J connectivity index is 1.38. The highest BCUT2D eigenvalue weighted by atomic mass is 16.2. The summed E-state index contributed by atoms with van der Waals surface area (Å²) < 4.78 is 0. The van der Waals surface area contributed by atoms with E-state index < -0.39 is 5.41 Å². The van der Waals surface area contributed by atoms with E-state index in [0.717, 1.165) is 35.2 Å². The molecule has 0 spiro atoms. The number of nitrogens with zero attached hydrogens (tertiary/aromatic N) is 5. The monoisotopic (exact) mass is 517 g/mol. The maximum Gasteiger partial charge on any atom is 0.255 e. The fourth-order valence-electron chi connectivity index (χ4n) is 4.07. The molecule has 194 valence electrons. The lowest BCUT2D eigenvalue weighted by Crippen LogP contribution is -2.18. The summed E-state index contributed by atoms with van der Waals surface area (Å²) in [6.07, 6.45) is 6.42. The normalized spacial score (nSPS) is 12.9. The van der Waals surface area contributed by atoms with Crippen molar-refractivity contribution >= 4 is 23.3 Å². The van der Waals surface area contributed by atoms with Gasteiger partial charge in [0.1, 0.15) is 12.1 Å². The van der Waals surface area contributed by atoms with Crippen molar-refractivity contribution < 1.29 is 9.59 Å². The Labute approximate surface area is 226 Å². The van der Waals surface area contributed by atoms with Gasteiger partial charge in [-0.25, -0.2) is 9.97 Å². The van der Waals surface area contributed by atoms with Gasteiger partial charge in [-0.3, -0.25) is 19.6 Å². The van der Waals surface area contributed by atoms with Gasteiger partial charge in [0.15, 0.2) is 0 Å². The van der Waals surface area contributed by atoms with Crippen LogP contribution in [0, 0.1) is 24.2 Å². The van der Waals surface area contributed by atoms with Gasteiger partial charge < -0.3 is 10.6 Å². The van der Waals surface area contributed by atoms with E-state index in [1.165, 1.54) is 12.5 Å². The molecule has 0 saturated heterocycles. The van der Waals surface area contributed by atoms with Crippen LogP contribution < -0.4 is 10.6 Å². The molecule has 3 heterocycles. The summed E-state index contributed by atoms with van der Waals surface area (Å²) in [6, 6.07) is 16.9. The van der Waals surface area contributed by atoms with Crippen molar-refractivity contribution in [2.45, 2.75) is 39.0 Å². The summed E-state index contributed by atoms with van der Waals surface area (Å²) >= 11 is 0. The second-order valence-corrected chi connectivity index (χ2v) is 10.1. The minimum absolute atomic E-state index is 0.00859. The number of nitriles is 1. The lowest BCUT2D eigenvalue weighted by atomic mass is 9.90. The second-order valence-electron chi connectivity index (χ2n) is 10.1. The predicted molar refractivity (Wildman–Crippen MR) is 148 cm³/mol. The van der Waals surface area contributed by atoms with Crippen molar-refractivity contribution in [3.8, 4) is 28.5 Å². The number of anilines is 2. The molecule has 1 fully saturated rings. The number of hydrogen-bond donors (Lipinski definition) is 2. The number of amides is 2. The van der Waals surface area contributed by atoms with Crippen LogP contribution in [0.25, 0.3) is 22.4 Å². The summed E-state index contributed by atoms with van der Waals surface area (Å²) in [7, 11) is 0. The van der Waals surface area contributed by atoms with Crippen LogP contribution in [0.2, 0.25) is 0 Å². The molecule has 9 heteroatoms. The lowest BCUT2D eigenvalue weighted by molar-refractivity contribution is -0.117. The van der Waals surface area contributed by atoms with E-state index in [0.29, 0.717) is 28.5 Å². The summed E-state index contributed by atoms with van der Waals surface area (Å²) in [4.78, 5) is 42.5. The van der Waals surface area contributed by atoms with Crippen LogP contribution >= 0.6 is 0 Å². The topological polar surface area (TPSA) is 134 Å². The Kier molecular flexibility index (Phi) is 6.86. The molecule has 1 aliphatic carbocycles. The molecule has 39 heavy (non-hydrogen) atoms. The number of aryl methyl sites for hydroxylation is 1. The molecule has 4 aromatic rings. The first kappa shape index (κ1) is 25.7. The Morgan fingerprint density at radius 3 is 2.54 bits per heavy atom. The van der Waals surface area contributed by atoms with Gasteiger partial charge in [0.2, 0.25) is 5.91 Å². The van der Waals surface area contributed by atoms with Crippen LogP contribution in [0.15, 0.2) is 67.3 Å². The van der Waals surface area contributed by atoms with Gasteiger partial charge in [-0.05, 0) is 63.4 Å². The van der Waals surface area contributed by atoms with Gasteiger partial charge in [0.25, 0.3) is 5.91 Å². The Morgan fingerprint density at radius 1 is 0.974 bits per heavy atom. The third kappa shape index (κ3) is 5.80. The fourth-order valence-corrected chi connectivity index (χ4v) is 4.07. The number of pyridine rings is 2. The van der Waals surface area contributed by atoms with Crippen molar-refractivity contribution in [1.82, 2.24) is 19.9 Å². The molecule has 2 N–H and O–H groups in total. The molecular formula is C30H27N7O2. The van der Waals surface area contributed by atoms with Crippen molar-refractivity contribution in [1.29, 1.82) is 5.26 Å². The van der Waals surface area contributed by atoms with Gasteiger partial charge in [-0.15, -0.1) is 0 Å². The number of rotatable bonds is 7. The van der Waals surface area contributed by atoms with Crippen LogP contribution in [-0.2, 0) is 10.2 Å². The third-order valence-electron chi connectivity index (χ3n) is 6.62. The fraction of sp³-hybridized carbons (Fsp3) is 0.233. The SMILES string of the molecule is Cc1ncc(NC(=O)c2ccnc(C(C)(C)C#N)c2)cc1-c1cccc(-c2cc(NC(=O)C3CC3)ncn2)c1. The first-order valence-corrected chi connectivity index (χ1v) is 12.6. The summed E-state index contributed by atoms with van der Waals surface area (Å²) in [5, 5.41) is 15.2. The molecule has 5 rings (SSSR count). The van der Waals surface area contributed by atoms with Crippen molar-refractivity contribution in [3.63, 3.8) is 0 Å². The molecule has 0 unspecified atom stereocenters. The maximum absolute atomic E-state index is 13.0. The highest BCUT2D eigenvalue weighted by molar-refractivity contribution is 6.04. The molecule has 0 bridgehead atoms. The number of carbonyl (C=O) groups excluding carboxylic acids is 2. The van der Waals surface area contributed by atoms with Crippen LogP contribution in [0.3, 0.4) is 0 Å². The number of nitrogens with one attached hydrogen (secondary N) is 2. The molecule has 0 aliphatic heterocycles. The Bertz CT molecular complexity index is 1620. The average Bonchev–Trinajstić information content (AvgIpc) is 3.80. The second kappa shape index (κ2) is 10.4. The standard InChI is InChI=1S/C30H27N7O2/c1-18-24(13-23(15-33-18)36-29(39)22-9-10-32-26(12-22)30(2,3)16-31)20-5-4-6-21(11-20)25-14-27(35-17-34-25)37-28(38)19-7-8-19/h4-6,9-15,17,19H,7-8H2,1-3H3,(H,36,39)(H,34,35,37,38). The summed E-state index contributed by atoms with van der Waals surface area (Å²) in [5.74, 6) is 0.229. The molecule has 0 radical (unpaired) electrons. The van der Waals surface area contributed by atoms with E-state index in [4.69, 9.17) is 0 Å². The molecule has 9 nitrogen and oxygen atoms in total. The maximum atomic E-state index is 13.0. The van der Waals surface area contributed by atoms with Gasteiger partial charge in [0, 0.05) is 40.6 Å². The molecule has 1 aliphatic rings. The smallest absolute Gasteiger partial charge is 0.255 e. The minimum Gasteiger partial charge on any atom is -0.321 e. The third-order valence-corrected chi connectivity index (χ3v) is 6.62. The lowest BCUT2D eigenvalue weighted by Gasteiger charge is -2.15. The van der Waals surface area contributed by atoms with E-state index in [2.05, 4.69) is 36.6 Å². The summed E-state index contributed by atoms with van der Waals surface area (Å²) in [6.45, 7) is 5.42. The predicted octanol–water partition coefficient (Wildman–Crippen LogP) is 5.31. The zero-order valence-corrected chi connectivity index (χ0v) is 21.9. The van der Waals surface area contributed by atoms with E-state index in [9.17, 15) is 14.9 Å². The van der Waals surface area contributed by atoms with Crippen LogP contribution in [-0.4, -0.2) is 31.8 Å². The largest absolute Gasteiger partial charge is 0.321 e. The number of hydrogen-bond acceptors (Lipinski definition) is 7. The van der Waals surface area contributed by atoms with Gasteiger partial charge in [-0.1, -0.05) is 18.2 Å². The molecule has 2 amide bonds. The molecule has 1 saturated carbocycles. The van der Waals surface area contributed by atoms with Crippen molar-refractivity contribution in [2.75, 3.05) is 10.6 Å². The number of benzene rings is 1. The van der Waals surface area contributed by atoms with Crippen LogP contribution in [0.5, 0.6) is 0 Å². The average molecular weight is 518 g/mol. The van der Waals surface area contributed by atoms with E-state index in [1.54, 1.807) is 38.2 Å². The quantitative estimate of drug-likeness (QED) is 0.339. The van der Waals surface area contributed by atoms with E-state index in [-0.39, 0.29) is 17.7 Å². The van der Waals surface area contributed by atoms with Gasteiger partial charge in [0.05, 0.1) is 34.8 Å². The molecular weight excluding hydrogens is 490 g/mol. The zero-order valence-electron chi connectivity index (χ0n) is 21.9. The molecule has 0 atom stereocenters. The highest BCUT2D eigenvalue weighted by Crippen LogP contribution is 2.31. The highest BCUT2D eigenvalue weighted by Gasteiger charge is 2.30. The molecule has 3 aromatic heterocycles. The number of aromatic nitrogens is 4. The van der Waals surface area contributed by atoms with Crippen molar-refractivity contribution in [2.24, 2.45) is 5.92 Å². The van der Waals surface area contributed by atoms with Crippen LogP contribution in [0.1, 0.15) is 48.4 Å². The summed E-state index contributed by atoms with van der Waals surface area (Å²) in [5.41, 5.74) is 4.75.